The molecule has 1 amide bonds. The van der Waals surface area contributed by atoms with Gasteiger partial charge in [-0.2, -0.15) is 15.2 Å². The lowest BCUT2D eigenvalue weighted by molar-refractivity contribution is -0.138. The number of aromatic nitrogens is 2. The largest absolute Gasteiger partial charge is 0.463 e. The quantitative estimate of drug-likeness (QED) is 0.315. The molecule has 0 bridgehead atoms. The molecule has 2 aliphatic heterocycles. The number of aryl methyl sites for hydroxylation is 1. The molecule has 9 nitrogen and oxygen atoms in total. The molecule has 1 aromatic heterocycles. The van der Waals surface area contributed by atoms with Crippen molar-refractivity contribution in [2.24, 2.45) is 0 Å². The van der Waals surface area contributed by atoms with E-state index in [2.05, 4.69) is 59.2 Å². The van der Waals surface area contributed by atoms with Crippen LogP contribution in [0.3, 0.4) is 0 Å². The molecule has 3 aliphatic rings. The summed E-state index contributed by atoms with van der Waals surface area (Å²) < 4.78 is 25.8. The molecule has 3 aromatic rings. The molecule has 226 valence electrons. The highest BCUT2D eigenvalue weighted by molar-refractivity contribution is 5.97. The maximum Gasteiger partial charge on any atom is 0.318 e. The lowest BCUT2D eigenvalue weighted by atomic mass is 9.99. The summed E-state index contributed by atoms with van der Waals surface area (Å²) in [6.07, 6.45) is 2.70. The number of hydrogen-bond donors (Lipinski definition) is 0. The number of fused-ring (bicyclic) bond motifs is 2. The van der Waals surface area contributed by atoms with Crippen LogP contribution >= 0.6 is 0 Å². The van der Waals surface area contributed by atoms with Crippen molar-refractivity contribution in [1.82, 2.24) is 14.9 Å². The molecule has 2 atom stereocenters. The van der Waals surface area contributed by atoms with Gasteiger partial charge in [0, 0.05) is 49.2 Å². The summed E-state index contributed by atoms with van der Waals surface area (Å²) in [5.41, 5.74) is 4.40. The Hall–Kier alpha value is -3.97. The van der Waals surface area contributed by atoms with Gasteiger partial charge in [0.15, 0.2) is 6.17 Å². The second-order valence-corrected chi connectivity index (χ2v) is 11.8. The highest BCUT2D eigenvalue weighted by atomic mass is 19.1. The fourth-order valence-electron chi connectivity index (χ4n) is 6.24. The maximum atomic E-state index is 14.0. The van der Waals surface area contributed by atoms with Crippen molar-refractivity contribution in [3.8, 4) is 12.1 Å². The second-order valence-electron chi connectivity index (χ2n) is 11.8. The van der Waals surface area contributed by atoms with Gasteiger partial charge < -0.3 is 24.2 Å². The van der Waals surface area contributed by atoms with Gasteiger partial charge in [-0.05, 0) is 50.1 Å². The van der Waals surface area contributed by atoms with Crippen LogP contribution in [0.4, 0.5) is 15.9 Å². The number of hydrogen-bond acceptors (Lipinski definition) is 8. The number of rotatable bonds is 10. The fourth-order valence-corrected chi connectivity index (χ4v) is 6.24. The summed E-state index contributed by atoms with van der Waals surface area (Å²) >= 11 is 0. The van der Waals surface area contributed by atoms with Crippen LogP contribution in [0.15, 0.2) is 36.4 Å². The molecular weight excluding hydrogens is 547 g/mol. The van der Waals surface area contributed by atoms with Crippen LogP contribution in [0.25, 0.3) is 10.8 Å². The Labute approximate surface area is 252 Å². The Balaban J connectivity index is 1.29. The molecule has 2 aromatic carbocycles. The van der Waals surface area contributed by atoms with E-state index >= 15 is 0 Å². The van der Waals surface area contributed by atoms with Crippen molar-refractivity contribution < 1.29 is 18.7 Å². The number of amides is 1. The lowest BCUT2D eigenvalue weighted by Crippen LogP contribution is -2.57. The number of halogens is 1. The minimum Gasteiger partial charge on any atom is -0.463 e. The van der Waals surface area contributed by atoms with E-state index in [1.165, 1.54) is 33.8 Å². The smallest absolute Gasteiger partial charge is 0.318 e. The van der Waals surface area contributed by atoms with Crippen molar-refractivity contribution >= 4 is 28.2 Å². The van der Waals surface area contributed by atoms with E-state index in [1.807, 2.05) is 0 Å². The third-order valence-electron chi connectivity index (χ3n) is 8.58. The zero-order chi connectivity index (χ0) is 29.9. The predicted octanol–water partition coefficient (Wildman–Crippen LogP) is 4.74. The number of alkyl halides is 1. The summed E-state index contributed by atoms with van der Waals surface area (Å²) in [5, 5.41) is 12.0. The number of nitriles is 1. The number of carbonyl (C=O) groups excluding carboxylic acids is 1. The van der Waals surface area contributed by atoms with Gasteiger partial charge in [-0.3, -0.25) is 4.79 Å². The van der Waals surface area contributed by atoms with Gasteiger partial charge in [0.25, 0.3) is 5.91 Å². The molecule has 1 aliphatic carbocycles. The molecule has 0 spiro atoms. The van der Waals surface area contributed by atoms with Crippen LogP contribution in [0.2, 0.25) is 0 Å². The topological polar surface area (TPSA) is 94.8 Å². The van der Waals surface area contributed by atoms with Gasteiger partial charge in [-0.15, -0.1) is 0 Å². The molecule has 1 unspecified atom stereocenters. The van der Waals surface area contributed by atoms with E-state index in [0.717, 1.165) is 49.3 Å². The normalized spacial score (nSPS) is 19.2. The van der Waals surface area contributed by atoms with Crippen LogP contribution in [0, 0.1) is 18.3 Å². The van der Waals surface area contributed by atoms with Crippen LogP contribution < -0.4 is 14.5 Å². The molecule has 43 heavy (non-hydrogen) atoms. The number of anilines is 2. The van der Waals surface area contributed by atoms with Crippen molar-refractivity contribution in [2.75, 3.05) is 49.2 Å². The number of benzene rings is 2. The fraction of sp³-hybridized carbons (Fsp3) is 0.515. The van der Waals surface area contributed by atoms with Gasteiger partial charge in [-0.1, -0.05) is 30.3 Å². The van der Waals surface area contributed by atoms with Crippen molar-refractivity contribution in [2.45, 2.75) is 70.8 Å². The molecular formula is C33H39FN6O3. The minimum atomic E-state index is -1.60. The zero-order valence-corrected chi connectivity index (χ0v) is 25.0. The summed E-state index contributed by atoms with van der Waals surface area (Å²) in [4.78, 5) is 28.4. The Morgan fingerprint density at radius 2 is 1.93 bits per heavy atom. The molecule has 2 fully saturated rings. The Morgan fingerprint density at radius 1 is 1.12 bits per heavy atom. The first-order valence-electron chi connectivity index (χ1n) is 15.4. The van der Waals surface area contributed by atoms with E-state index < -0.39 is 18.1 Å². The third-order valence-corrected chi connectivity index (χ3v) is 8.58. The number of ether oxygens (including phenoxy) is 2. The molecule has 0 N–H and O–H groups in total. The SMILES string of the molecule is Cc1cccc2cccc(N3CCc4c(nc(OCCCOC5CC5)nc4N4CCN(C(=O)C(C)F)[C@@H](CC#N)C4)C3)c12. The standard InChI is InChI=1S/C33H39FN6O3/c1-22-6-3-7-24-8-4-9-29(30(22)24)38-15-13-27-28(21-38)36-33(43-19-5-18-42-26-10-11-26)37-31(27)39-16-17-40(32(41)23(2)34)25(20-39)12-14-35/h3-4,6-9,23,25-26H,5,10-13,15-21H2,1-2H3/t23?,25-/m0/s1. The molecule has 3 heterocycles. The summed E-state index contributed by atoms with van der Waals surface area (Å²) in [5.74, 6) is 0.217. The average Bonchev–Trinajstić information content (AvgIpc) is 3.84. The number of carbonyl (C=O) groups is 1. The van der Waals surface area contributed by atoms with Crippen LogP contribution in [0.5, 0.6) is 6.01 Å². The van der Waals surface area contributed by atoms with Gasteiger partial charge in [0.05, 0.1) is 50.1 Å². The Bertz CT molecular complexity index is 1520. The molecule has 1 saturated heterocycles. The first kappa shape index (κ1) is 29.1. The first-order valence-corrected chi connectivity index (χ1v) is 15.4. The predicted molar refractivity (Wildman–Crippen MR) is 163 cm³/mol. The molecule has 6 rings (SSSR count). The average molecular weight is 587 g/mol. The van der Waals surface area contributed by atoms with E-state index in [9.17, 15) is 14.4 Å². The van der Waals surface area contributed by atoms with Gasteiger partial charge >= 0.3 is 6.01 Å². The summed E-state index contributed by atoms with van der Waals surface area (Å²) in [7, 11) is 0. The van der Waals surface area contributed by atoms with E-state index in [-0.39, 0.29) is 6.42 Å². The van der Waals surface area contributed by atoms with Crippen molar-refractivity contribution in [1.29, 1.82) is 5.26 Å². The van der Waals surface area contributed by atoms with Crippen molar-refractivity contribution in [3.05, 3.63) is 53.2 Å². The van der Waals surface area contributed by atoms with E-state index in [1.54, 1.807) is 0 Å². The Morgan fingerprint density at radius 3 is 2.70 bits per heavy atom. The monoisotopic (exact) mass is 586 g/mol. The third kappa shape index (κ3) is 6.37. The zero-order valence-electron chi connectivity index (χ0n) is 25.0. The number of nitrogens with zero attached hydrogens (tertiary/aromatic N) is 6. The molecule has 10 heteroatoms. The lowest BCUT2D eigenvalue weighted by Gasteiger charge is -2.42. The maximum absolute atomic E-state index is 14.0. The number of piperazine rings is 1. The minimum absolute atomic E-state index is 0.126. The van der Waals surface area contributed by atoms with Gasteiger partial charge in [0.2, 0.25) is 0 Å². The van der Waals surface area contributed by atoms with Crippen LogP contribution in [0.1, 0.15) is 49.4 Å². The van der Waals surface area contributed by atoms with Crippen molar-refractivity contribution in [3.63, 3.8) is 0 Å². The molecule has 0 radical (unpaired) electrons. The van der Waals surface area contributed by atoms with Gasteiger partial charge in [-0.25, -0.2) is 4.39 Å². The highest BCUT2D eigenvalue weighted by Crippen LogP contribution is 2.36. The second kappa shape index (κ2) is 12.7. The van der Waals surface area contributed by atoms with E-state index in [0.29, 0.717) is 51.5 Å². The van der Waals surface area contributed by atoms with Crippen LogP contribution in [-0.4, -0.2) is 78.5 Å². The Kier molecular flexibility index (Phi) is 8.61. The molecule has 1 saturated carbocycles. The van der Waals surface area contributed by atoms with E-state index in [4.69, 9.17) is 19.4 Å². The van der Waals surface area contributed by atoms with Crippen LogP contribution in [-0.2, 0) is 22.5 Å². The van der Waals surface area contributed by atoms with Gasteiger partial charge in [0.1, 0.15) is 5.82 Å². The highest BCUT2D eigenvalue weighted by Gasteiger charge is 2.35. The summed E-state index contributed by atoms with van der Waals surface area (Å²) in [6.45, 7) is 7.12. The first-order chi connectivity index (χ1) is 20.9. The summed E-state index contributed by atoms with van der Waals surface area (Å²) in [6, 6.07) is 14.9.